The molecule has 2 aromatic rings. The van der Waals surface area contributed by atoms with Crippen LogP contribution in [-0.2, 0) is 11.2 Å². The third-order valence-corrected chi connectivity index (χ3v) is 7.77. The molecule has 1 aromatic carbocycles. The molecule has 2 aliphatic rings. The highest BCUT2D eigenvalue weighted by Gasteiger charge is 2.29. The smallest absolute Gasteiger partial charge is 0.273 e. The Morgan fingerprint density at radius 1 is 1.09 bits per heavy atom. The summed E-state index contributed by atoms with van der Waals surface area (Å²) in [6.45, 7) is 3.40. The number of halogens is 1. The minimum absolute atomic E-state index is 0.00830. The summed E-state index contributed by atoms with van der Waals surface area (Å²) in [7, 11) is 4.01. The number of carbonyl (C=O) groups is 2. The van der Waals surface area contributed by atoms with Gasteiger partial charge in [-0.25, -0.2) is 9.37 Å². The highest BCUT2D eigenvalue weighted by Crippen LogP contribution is 2.31. The third-order valence-electron chi connectivity index (χ3n) is 6.76. The van der Waals surface area contributed by atoms with Crippen LogP contribution >= 0.6 is 11.3 Å². The lowest BCUT2D eigenvalue weighted by Crippen LogP contribution is -2.44. The second kappa shape index (κ2) is 10.1. The average molecular weight is 459 g/mol. The van der Waals surface area contributed by atoms with Gasteiger partial charge < -0.3 is 14.7 Å². The van der Waals surface area contributed by atoms with Gasteiger partial charge >= 0.3 is 0 Å². The summed E-state index contributed by atoms with van der Waals surface area (Å²) in [6.07, 6.45) is 3.99. The SMILES string of the molecule is CN1CCC(N(C)C(=O)c2csc(C3CCN(C(=O)Cc4ccc(F)cc4)CC3)n2)CC1. The van der Waals surface area contributed by atoms with E-state index in [1.807, 2.05) is 22.2 Å². The van der Waals surface area contributed by atoms with Crippen molar-refractivity contribution in [1.29, 1.82) is 0 Å². The standard InChI is InChI=1S/C24H31FN4O2S/c1-27-11-9-20(10-12-27)28(2)24(31)21-16-32-23(26-21)18-7-13-29(14-8-18)22(30)15-17-3-5-19(25)6-4-17/h3-6,16,18,20H,7-15H2,1-2H3. The fourth-order valence-electron chi connectivity index (χ4n) is 4.57. The van der Waals surface area contributed by atoms with Crippen molar-refractivity contribution in [2.45, 2.75) is 44.1 Å². The molecule has 2 amide bonds. The van der Waals surface area contributed by atoms with Gasteiger partial charge in [0.05, 0.1) is 11.4 Å². The van der Waals surface area contributed by atoms with Crippen LogP contribution in [0.1, 0.15) is 52.7 Å². The maximum absolute atomic E-state index is 13.1. The van der Waals surface area contributed by atoms with Gasteiger partial charge in [-0.05, 0) is 63.5 Å². The second-order valence-electron chi connectivity index (χ2n) is 8.98. The second-order valence-corrected chi connectivity index (χ2v) is 9.87. The van der Waals surface area contributed by atoms with Crippen LogP contribution in [0.3, 0.4) is 0 Å². The number of carbonyl (C=O) groups excluding carboxylic acids is 2. The molecule has 0 saturated carbocycles. The van der Waals surface area contributed by atoms with Gasteiger partial charge in [0.15, 0.2) is 0 Å². The number of hydrogen-bond acceptors (Lipinski definition) is 5. The van der Waals surface area contributed by atoms with E-state index in [4.69, 9.17) is 0 Å². The molecule has 0 spiro atoms. The molecule has 2 aliphatic heterocycles. The van der Waals surface area contributed by atoms with Crippen LogP contribution in [-0.4, -0.2) is 77.8 Å². The Bertz CT molecular complexity index is 932. The number of rotatable bonds is 5. The van der Waals surface area contributed by atoms with Crippen LogP contribution in [0.15, 0.2) is 29.6 Å². The van der Waals surface area contributed by atoms with Crippen LogP contribution in [0, 0.1) is 5.82 Å². The molecule has 1 aromatic heterocycles. The van der Waals surface area contributed by atoms with Gasteiger partial charge in [-0.1, -0.05) is 12.1 Å². The molecule has 172 valence electrons. The van der Waals surface area contributed by atoms with E-state index in [2.05, 4.69) is 16.9 Å². The molecule has 3 heterocycles. The predicted molar refractivity (Wildman–Crippen MR) is 123 cm³/mol. The predicted octanol–water partition coefficient (Wildman–Crippen LogP) is 3.40. The Labute approximate surface area is 193 Å². The van der Waals surface area contributed by atoms with Crippen LogP contribution < -0.4 is 0 Å². The summed E-state index contributed by atoms with van der Waals surface area (Å²) >= 11 is 1.56. The van der Waals surface area contributed by atoms with Crippen molar-refractivity contribution in [3.63, 3.8) is 0 Å². The first-order valence-corrected chi connectivity index (χ1v) is 12.2. The Morgan fingerprint density at radius 3 is 2.41 bits per heavy atom. The Kier molecular flexibility index (Phi) is 7.20. The molecular weight excluding hydrogens is 427 g/mol. The quantitative estimate of drug-likeness (QED) is 0.689. The number of benzene rings is 1. The van der Waals surface area contributed by atoms with E-state index in [1.54, 1.807) is 23.5 Å². The summed E-state index contributed by atoms with van der Waals surface area (Å²) in [6, 6.07) is 6.38. The van der Waals surface area contributed by atoms with Crippen molar-refractivity contribution in [3.8, 4) is 0 Å². The number of hydrogen-bond donors (Lipinski definition) is 0. The first-order valence-electron chi connectivity index (χ1n) is 11.3. The first kappa shape index (κ1) is 22.9. The Balaban J connectivity index is 1.29. The van der Waals surface area contributed by atoms with Crippen LogP contribution in [0.2, 0.25) is 0 Å². The number of likely N-dealkylation sites (tertiary alicyclic amines) is 2. The van der Waals surface area contributed by atoms with Crippen molar-refractivity contribution >= 4 is 23.2 Å². The maximum atomic E-state index is 13.1. The zero-order valence-electron chi connectivity index (χ0n) is 18.8. The first-order chi connectivity index (χ1) is 15.4. The molecule has 2 fully saturated rings. The Morgan fingerprint density at radius 2 is 1.75 bits per heavy atom. The average Bonchev–Trinajstić information content (AvgIpc) is 3.30. The molecule has 0 N–H and O–H groups in total. The summed E-state index contributed by atoms with van der Waals surface area (Å²) in [5.74, 6) is 0.0738. The van der Waals surface area contributed by atoms with Gasteiger partial charge in [-0.3, -0.25) is 9.59 Å². The largest absolute Gasteiger partial charge is 0.342 e. The molecule has 2 saturated heterocycles. The normalized spacial score (nSPS) is 18.7. The van der Waals surface area contributed by atoms with E-state index in [9.17, 15) is 14.0 Å². The van der Waals surface area contributed by atoms with Crippen molar-refractivity contribution in [1.82, 2.24) is 19.7 Å². The van der Waals surface area contributed by atoms with E-state index in [-0.39, 0.29) is 29.6 Å². The summed E-state index contributed by atoms with van der Waals surface area (Å²) in [4.78, 5) is 36.3. The summed E-state index contributed by atoms with van der Waals surface area (Å²) in [5.41, 5.74) is 1.37. The maximum Gasteiger partial charge on any atom is 0.273 e. The van der Waals surface area contributed by atoms with Crippen LogP contribution in [0.4, 0.5) is 4.39 Å². The zero-order valence-corrected chi connectivity index (χ0v) is 19.6. The van der Waals surface area contributed by atoms with E-state index in [0.29, 0.717) is 25.2 Å². The van der Waals surface area contributed by atoms with Crippen molar-refractivity contribution in [2.24, 2.45) is 0 Å². The topological polar surface area (TPSA) is 56.8 Å². The number of piperidine rings is 2. The van der Waals surface area contributed by atoms with E-state index >= 15 is 0 Å². The Hall–Kier alpha value is -2.32. The molecule has 8 heteroatoms. The number of amides is 2. The highest BCUT2D eigenvalue weighted by atomic mass is 32.1. The molecule has 32 heavy (non-hydrogen) atoms. The van der Waals surface area contributed by atoms with E-state index in [0.717, 1.165) is 49.3 Å². The fraction of sp³-hybridized carbons (Fsp3) is 0.542. The van der Waals surface area contributed by atoms with Gasteiger partial charge in [0.2, 0.25) is 5.91 Å². The number of aromatic nitrogens is 1. The van der Waals surface area contributed by atoms with Crippen molar-refractivity contribution < 1.29 is 14.0 Å². The van der Waals surface area contributed by atoms with E-state index in [1.165, 1.54) is 12.1 Å². The molecule has 4 rings (SSSR count). The van der Waals surface area contributed by atoms with Gasteiger partial charge in [0, 0.05) is 37.5 Å². The molecule has 0 bridgehead atoms. The van der Waals surface area contributed by atoms with Gasteiger partial charge in [-0.2, -0.15) is 0 Å². The van der Waals surface area contributed by atoms with Crippen molar-refractivity contribution in [2.75, 3.05) is 40.3 Å². The number of thiazole rings is 1. The summed E-state index contributed by atoms with van der Waals surface area (Å²) in [5, 5.41) is 2.88. The van der Waals surface area contributed by atoms with Gasteiger partial charge in [0.25, 0.3) is 5.91 Å². The van der Waals surface area contributed by atoms with Crippen LogP contribution in [0.25, 0.3) is 0 Å². The van der Waals surface area contributed by atoms with Gasteiger partial charge in [0.1, 0.15) is 11.5 Å². The van der Waals surface area contributed by atoms with Crippen LogP contribution in [0.5, 0.6) is 0 Å². The minimum Gasteiger partial charge on any atom is -0.342 e. The van der Waals surface area contributed by atoms with E-state index < -0.39 is 0 Å². The molecule has 0 atom stereocenters. The third kappa shape index (κ3) is 5.35. The highest BCUT2D eigenvalue weighted by molar-refractivity contribution is 7.09. The van der Waals surface area contributed by atoms with Gasteiger partial charge in [-0.15, -0.1) is 11.3 Å². The lowest BCUT2D eigenvalue weighted by molar-refractivity contribution is -0.131. The molecule has 0 unspecified atom stereocenters. The fourth-order valence-corrected chi connectivity index (χ4v) is 5.53. The van der Waals surface area contributed by atoms with Crippen molar-refractivity contribution in [3.05, 3.63) is 51.7 Å². The molecular formula is C24H31FN4O2S. The lowest BCUT2D eigenvalue weighted by atomic mass is 9.97. The minimum atomic E-state index is -0.291. The summed E-state index contributed by atoms with van der Waals surface area (Å²) < 4.78 is 13.1. The lowest BCUT2D eigenvalue weighted by Gasteiger charge is -2.34. The zero-order chi connectivity index (χ0) is 22.7. The number of nitrogens with zero attached hydrogens (tertiary/aromatic N) is 4. The molecule has 0 radical (unpaired) electrons. The molecule has 6 nitrogen and oxygen atoms in total. The monoisotopic (exact) mass is 458 g/mol. The molecule has 0 aliphatic carbocycles.